The molecule has 0 aliphatic rings. The summed E-state index contributed by atoms with van der Waals surface area (Å²) in [6.07, 6.45) is 9.11. The Hall–Kier alpha value is -2.99. The molecule has 0 spiro atoms. The molecule has 118 valence electrons. The van der Waals surface area contributed by atoms with Crippen LogP contribution in [0.5, 0.6) is 5.75 Å². The van der Waals surface area contributed by atoms with E-state index < -0.39 is 0 Å². The topological polar surface area (TPSA) is 27.1 Å². The summed E-state index contributed by atoms with van der Waals surface area (Å²) in [7, 11) is 2.12. The smallest absolute Gasteiger partial charge is 0.148 e. The molecule has 0 unspecified atom stereocenters. The summed E-state index contributed by atoms with van der Waals surface area (Å²) < 4.78 is 7.88. The molecule has 4 aromatic rings. The Morgan fingerprint density at radius 1 is 1.12 bits per heavy atom. The first-order valence-electron chi connectivity index (χ1n) is 7.94. The van der Waals surface area contributed by atoms with E-state index in [0.29, 0.717) is 0 Å². The average molecular weight is 314 g/mol. The van der Waals surface area contributed by atoms with Gasteiger partial charge >= 0.3 is 0 Å². The molecule has 0 N–H and O–H groups in total. The second-order valence-electron chi connectivity index (χ2n) is 6.13. The minimum atomic E-state index is 0.279. The van der Waals surface area contributed by atoms with Gasteiger partial charge in [0.15, 0.2) is 0 Å². The van der Waals surface area contributed by atoms with E-state index >= 15 is 0 Å². The van der Waals surface area contributed by atoms with Gasteiger partial charge in [-0.2, -0.15) is 0 Å². The molecule has 2 aromatic heterocycles. The van der Waals surface area contributed by atoms with E-state index in [1.807, 2.05) is 18.5 Å². The van der Waals surface area contributed by atoms with Gasteiger partial charge in [0.1, 0.15) is 12.4 Å². The quantitative estimate of drug-likeness (QED) is 0.509. The van der Waals surface area contributed by atoms with Crippen molar-refractivity contribution in [3.05, 3.63) is 47.8 Å². The SMILES string of the molecule is C#CCOc1ccc2c(c1)c1c(C)c3cnccc3c(C)c1n2C. The monoisotopic (exact) mass is 314 g/mol. The molecule has 0 bridgehead atoms. The van der Waals surface area contributed by atoms with Gasteiger partial charge in [0.25, 0.3) is 0 Å². The fourth-order valence-corrected chi connectivity index (χ4v) is 3.74. The number of terminal acetylenes is 1. The zero-order valence-corrected chi connectivity index (χ0v) is 14.1. The third-order valence-electron chi connectivity index (χ3n) is 4.85. The van der Waals surface area contributed by atoms with Crippen LogP contribution in [0.25, 0.3) is 32.6 Å². The number of hydrogen-bond donors (Lipinski definition) is 0. The van der Waals surface area contributed by atoms with Crippen LogP contribution in [0.3, 0.4) is 0 Å². The van der Waals surface area contributed by atoms with Crippen LogP contribution >= 0.6 is 0 Å². The van der Waals surface area contributed by atoms with Crippen LogP contribution in [-0.4, -0.2) is 16.2 Å². The Labute approximate surface area is 140 Å². The number of hydrogen-bond acceptors (Lipinski definition) is 2. The molecule has 0 aliphatic heterocycles. The minimum absolute atomic E-state index is 0.279. The summed E-state index contributed by atoms with van der Waals surface area (Å²) in [6, 6.07) is 8.26. The molecule has 24 heavy (non-hydrogen) atoms. The first kappa shape index (κ1) is 14.6. The molecule has 2 heterocycles. The number of fused-ring (bicyclic) bond motifs is 4. The molecule has 0 saturated carbocycles. The van der Waals surface area contributed by atoms with E-state index in [9.17, 15) is 0 Å². The van der Waals surface area contributed by atoms with E-state index in [-0.39, 0.29) is 6.61 Å². The van der Waals surface area contributed by atoms with E-state index in [4.69, 9.17) is 11.2 Å². The highest BCUT2D eigenvalue weighted by atomic mass is 16.5. The van der Waals surface area contributed by atoms with Gasteiger partial charge in [-0.05, 0) is 54.6 Å². The fourth-order valence-electron chi connectivity index (χ4n) is 3.74. The normalized spacial score (nSPS) is 11.2. The van der Waals surface area contributed by atoms with E-state index in [2.05, 4.69) is 54.6 Å². The Morgan fingerprint density at radius 3 is 2.75 bits per heavy atom. The molecular formula is C21H18N2O. The summed E-state index contributed by atoms with van der Waals surface area (Å²) in [5.74, 6) is 3.32. The van der Waals surface area contributed by atoms with Gasteiger partial charge in [-0.1, -0.05) is 5.92 Å². The Balaban J connectivity index is 2.18. The lowest BCUT2D eigenvalue weighted by molar-refractivity contribution is 0.371. The van der Waals surface area contributed by atoms with Crippen LogP contribution in [0.4, 0.5) is 0 Å². The van der Waals surface area contributed by atoms with E-state index in [0.717, 1.165) is 5.75 Å². The first-order valence-corrected chi connectivity index (χ1v) is 7.94. The zero-order valence-electron chi connectivity index (χ0n) is 14.1. The lowest BCUT2D eigenvalue weighted by atomic mass is 9.97. The number of benzene rings is 2. The van der Waals surface area contributed by atoms with E-state index in [1.165, 1.54) is 43.7 Å². The largest absolute Gasteiger partial charge is 0.481 e. The molecule has 0 saturated heterocycles. The fraction of sp³-hybridized carbons (Fsp3) is 0.190. The number of rotatable bonds is 2. The molecule has 0 fully saturated rings. The predicted molar refractivity (Wildman–Crippen MR) is 99.5 cm³/mol. The summed E-state index contributed by atoms with van der Waals surface area (Å²) in [5.41, 5.74) is 4.97. The van der Waals surface area contributed by atoms with Crippen LogP contribution in [0.1, 0.15) is 11.1 Å². The lowest BCUT2D eigenvalue weighted by Gasteiger charge is -2.10. The maximum absolute atomic E-state index is 5.62. The molecular weight excluding hydrogens is 296 g/mol. The molecule has 0 radical (unpaired) electrons. The second-order valence-corrected chi connectivity index (χ2v) is 6.13. The Kier molecular flexibility index (Phi) is 3.21. The van der Waals surface area contributed by atoms with Crippen molar-refractivity contribution >= 4 is 32.6 Å². The van der Waals surface area contributed by atoms with Crippen LogP contribution in [0.2, 0.25) is 0 Å². The van der Waals surface area contributed by atoms with Crippen molar-refractivity contribution < 1.29 is 4.74 Å². The molecule has 3 heteroatoms. The summed E-state index contributed by atoms with van der Waals surface area (Å²) in [4.78, 5) is 4.31. The highest BCUT2D eigenvalue weighted by molar-refractivity contribution is 6.17. The summed E-state index contributed by atoms with van der Waals surface area (Å²) >= 11 is 0. The molecule has 0 atom stereocenters. The first-order chi connectivity index (χ1) is 11.6. The van der Waals surface area contributed by atoms with Gasteiger partial charge < -0.3 is 9.30 Å². The number of aryl methyl sites for hydroxylation is 3. The predicted octanol–water partition coefficient (Wildman–Crippen LogP) is 4.51. The molecule has 2 aromatic carbocycles. The van der Waals surface area contributed by atoms with E-state index in [1.54, 1.807) is 0 Å². The molecule has 3 nitrogen and oxygen atoms in total. The van der Waals surface area contributed by atoms with Crippen molar-refractivity contribution in [2.24, 2.45) is 7.05 Å². The number of aromatic nitrogens is 2. The maximum atomic E-state index is 5.62. The van der Waals surface area contributed by atoms with Gasteiger partial charge in [0, 0.05) is 41.1 Å². The third kappa shape index (κ3) is 1.90. The summed E-state index contributed by atoms with van der Waals surface area (Å²) in [5, 5.41) is 4.90. The van der Waals surface area contributed by atoms with Crippen molar-refractivity contribution in [1.29, 1.82) is 0 Å². The Morgan fingerprint density at radius 2 is 1.96 bits per heavy atom. The van der Waals surface area contributed by atoms with Crippen LogP contribution in [-0.2, 0) is 7.05 Å². The highest BCUT2D eigenvalue weighted by Gasteiger charge is 2.17. The van der Waals surface area contributed by atoms with Crippen LogP contribution in [0, 0.1) is 26.2 Å². The number of ether oxygens (including phenoxy) is 1. The van der Waals surface area contributed by atoms with Crippen molar-refractivity contribution in [1.82, 2.24) is 9.55 Å². The average Bonchev–Trinajstić information content (AvgIpc) is 2.90. The number of nitrogens with zero attached hydrogens (tertiary/aromatic N) is 2. The standard InChI is InChI=1S/C21H18N2O/c1-5-10-24-15-6-7-19-17(11-15)20-13(2)18-12-22-9-8-16(18)14(3)21(20)23(19)4/h1,6-9,11-12H,10H2,2-4H3. The van der Waals surface area contributed by atoms with Crippen molar-refractivity contribution in [2.75, 3.05) is 6.61 Å². The molecule has 0 aliphatic carbocycles. The van der Waals surface area contributed by atoms with Crippen LogP contribution in [0.15, 0.2) is 36.7 Å². The Bertz CT molecular complexity index is 1150. The number of pyridine rings is 1. The molecule has 4 rings (SSSR count). The second kappa shape index (κ2) is 5.28. The summed E-state index contributed by atoms with van der Waals surface area (Å²) in [6.45, 7) is 4.63. The lowest BCUT2D eigenvalue weighted by Crippen LogP contribution is -1.93. The van der Waals surface area contributed by atoms with Gasteiger partial charge in [0.2, 0.25) is 0 Å². The van der Waals surface area contributed by atoms with Gasteiger partial charge in [-0.15, -0.1) is 6.42 Å². The minimum Gasteiger partial charge on any atom is -0.481 e. The molecule has 0 amide bonds. The van der Waals surface area contributed by atoms with Crippen molar-refractivity contribution in [3.8, 4) is 18.1 Å². The third-order valence-corrected chi connectivity index (χ3v) is 4.85. The zero-order chi connectivity index (χ0) is 16.8. The van der Waals surface area contributed by atoms with Crippen molar-refractivity contribution in [3.63, 3.8) is 0 Å². The van der Waals surface area contributed by atoms with Crippen molar-refractivity contribution in [2.45, 2.75) is 13.8 Å². The van der Waals surface area contributed by atoms with Gasteiger partial charge in [-0.25, -0.2) is 0 Å². The highest BCUT2D eigenvalue weighted by Crippen LogP contribution is 2.38. The van der Waals surface area contributed by atoms with Gasteiger partial charge in [0.05, 0.1) is 5.52 Å². The van der Waals surface area contributed by atoms with Crippen LogP contribution < -0.4 is 4.74 Å². The van der Waals surface area contributed by atoms with Gasteiger partial charge in [-0.3, -0.25) is 4.98 Å². The maximum Gasteiger partial charge on any atom is 0.148 e.